The summed E-state index contributed by atoms with van der Waals surface area (Å²) in [5.41, 5.74) is 1.00. The van der Waals surface area contributed by atoms with Crippen molar-refractivity contribution < 1.29 is 19.0 Å². The van der Waals surface area contributed by atoms with Crippen molar-refractivity contribution in [3.05, 3.63) is 40.3 Å². The average Bonchev–Trinajstić information content (AvgIpc) is 3.34. The zero-order valence-corrected chi connectivity index (χ0v) is 14.0. The number of aromatic nitrogens is 1. The maximum atomic E-state index is 12.8. The van der Waals surface area contributed by atoms with Crippen molar-refractivity contribution in [3.8, 4) is 11.5 Å². The number of carbonyl (C=O) groups is 1. The second kappa shape index (κ2) is 6.78. The summed E-state index contributed by atoms with van der Waals surface area (Å²) in [4.78, 5) is 18.9. The van der Waals surface area contributed by atoms with E-state index in [9.17, 15) is 4.79 Å². The van der Waals surface area contributed by atoms with Gasteiger partial charge in [-0.15, -0.1) is 11.3 Å². The van der Waals surface area contributed by atoms with Crippen LogP contribution in [0.1, 0.15) is 23.4 Å². The Morgan fingerprint density at radius 2 is 2.21 bits per heavy atom. The van der Waals surface area contributed by atoms with Gasteiger partial charge in [-0.2, -0.15) is 0 Å². The Hall–Kier alpha value is -2.12. The SMILES string of the molecule is O=C([C@H]1CCCO1)N(Cc1ccc2c(c1)OCO2)Cc1nccs1. The first-order chi connectivity index (χ1) is 11.8. The molecule has 2 aliphatic rings. The minimum absolute atomic E-state index is 0.0281. The second-order valence-corrected chi connectivity index (χ2v) is 6.79. The van der Waals surface area contributed by atoms with E-state index in [2.05, 4.69) is 4.98 Å². The largest absolute Gasteiger partial charge is 0.454 e. The van der Waals surface area contributed by atoms with E-state index in [1.807, 2.05) is 28.5 Å². The molecule has 0 radical (unpaired) electrons. The number of ether oxygens (including phenoxy) is 3. The van der Waals surface area contributed by atoms with Crippen LogP contribution in [-0.2, 0) is 22.6 Å². The van der Waals surface area contributed by atoms with Gasteiger partial charge < -0.3 is 19.1 Å². The molecule has 0 N–H and O–H groups in total. The summed E-state index contributed by atoms with van der Waals surface area (Å²) in [6, 6.07) is 5.78. The number of rotatable bonds is 5. The number of benzene rings is 1. The summed E-state index contributed by atoms with van der Waals surface area (Å²) in [5, 5.41) is 2.84. The molecule has 1 amide bonds. The van der Waals surface area contributed by atoms with E-state index in [0.29, 0.717) is 19.7 Å². The summed E-state index contributed by atoms with van der Waals surface area (Å²) in [5.74, 6) is 1.50. The van der Waals surface area contributed by atoms with Crippen molar-refractivity contribution in [2.24, 2.45) is 0 Å². The van der Waals surface area contributed by atoms with Crippen molar-refractivity contribution in [2.45, 2.75) is 32.0 Å². The summed E-state index contributed by atoms with van der Waals surface area (Å²) >= 11 is 1.55. The summed E-state index contributed by atoms with van der Waals surface area (Å²) in [6.07, 6.45) is 3.15. The van der Waals surface area contributed by atoms with Gasteiger partial charge in [0.2, 0.25) is 6.79 Å². The van der Waals surface area contributed by atoms with Gasteiger partial charge >= 0.3 is 0 Å². The van der Waals surface area contributed by atoms with Gasteiger partial charge in [-0.25, -0.2) is 4.98 Å². The quantitative estimate of drug-likeness (QED) is 0.833. The molecule has 1 aromatic carbocycles. The Morgan fingerprint density at radius 1 is 1.29 bits per heavy atom. The summed E-state index contributed by atoms with van der Waals surface area (Å²) < 4.78 is 16.3. The number of nitrogens with zero attached hydrogens (tertiary/aromatic N) is 2. The molecule has 2 aliphatic heterocycles. The Bertz CT molecular complexity index is 713. The number of amides is 1. The maximum Gasteiger partial charge on any atom is 0.252 e. The summed E-state index contributed by atoms with van der Waals surface area (Å²) in [6.45, 7) is 1.89. The fourth-order valence-electron chi connectivity index (χ4n) is 2.94. The van der Waals surface area contributed by atoms with Gasteiger partial charge in [0.25, 0.3) is 5.91 Å². The number of hydrogen-bond donors (Lipinski definition) is 0. The minimum atomic E-state index is -0.334. The van der Waals surface area contributed by atoms with Gasteiger partial charge in [0.15, 0.2) is 11.5 Å². The molecule has 6 nitrogen and oxygen atoms in total. The minimum Gasteiger partial charge on any atom is -0.454 e. The molecule has 0 spiro atoms. The first-order valence-corrected chi connectivity index (χ1v) is 8.85. The number of fused-ring (bicyclic) bond motifs is 1. The molecule has 1 fully saturated rings. The Morgan fingerprint density at radius 3 is 3.00 bits per heavy atom. The molecule has 1 aromatic heterocycles. The van der Waals surface area contributed by atoms with Gasteiger partial charge in [-0.3, -0.25) is 4.79 Å². The third-order valence-electron chi connectivity index (χ3n) is 4.14. The van der Waals surface area contributed by atoms with Crippen LogP contribution in [0.5, 0.6) is 11.5 Å². The molecule has 0 unspecified atom stereocenters. The monoisotopic (exact) mass is 346 g/mol. The number of hydrogen-bond acceptors (Lipinski definition) is 6. The van der Waals surface area contributed by atoms with Crippen LogP contribution in [0.15, 0.2) is 29.8 Å². The van der Waals surface area contributed by atoms with Crippen LogP contribution in [0.4, 0.5) is 0 Å². The first kappa shape index (κ1) is 15.4. The molecule has 0 saturated carbocycles. The Balaban J connectivity index is 1.53. The van der Waals surface area contributed by atoms with E-state index < -0.39 is 0 Å². The topological polar surface area (TPSA) is 60.9 Å². The first-order valence-electron chi connectivity index (χ1n) is 7.97. The highest BCUT2D eigenvalue weighted by Crippen LogP contribution is 2.33. The van der Waals surface area contributed by atoms with Crippen molar-refractivity contribution in [2.75, 3.05) is 13.4 Å². The standard InChI is InChI=1S/C17H18N2O4S/c20-17(14-2-1-6-21-14)19(10-16-18-5-7-24-16)9-12-3-4-13-15(8-12)23-11-22-13/h3-5,7-8,14H,1-2,6,9-11H2/t14-/m1/s1. The van der Waals surface area contributed by atoms with Crippen molar-refractivity contribution in [1.29, 1.82) is 0 Å². The maximum absolute atomic E-state index is 12.8. The summed E-state index contributed by atoms with van der Waals surface area (Å²) in [7, 11) is 0. The highest BCUT2D eigenvalue weighted by molar-refractivity contribution is 7.09. The third kappa shape index (κ3) is 3.22. The van der Waals surface area contributed by atoms with Crippen molar-refractivity contribution in [1.82, 2.24) is 9.88 Å². The zero-order chi connectivity index (χ0) is 16.4. The Kier molecular flexibility index (Phi) is 4.36. The van der Waals surface area contributed by atoms with Gasteiger partial charge in [0.1, 0.15) is 11.1 Å². The zero-order valence-electron chi connectivity index (χ0n) is 13.1. The van der Waals surface area contributed by atoms with Crippen molar-refractivity contribution in [3.63, 3.8) is 0 Å². The Labute approximate surface area is 144 Å². The molecule has 2 aromatic rings. The van der Waals surface area contributed by atoms with E-state index in [0.717, 1.165) is 34.9 Å². The van der Waals surface area contributed by atoms with Crippen LogP contribution in [0, 0.1) is 0 Å². The lowest BCUT2D eigenvalue weighted by Crippen LogP contribution is -2.38. The molecule has 1 atom stereocenters. The molecule has 1 saturated heterocycles. The molecule has 0 bridgehead atoms. The molecule has 0 aliphatic carbocycles. The normalized spacial score (nSPS) is 18.8. The van der Waals surface area contributed by atoms with Crippen molar-refractivity contribution >= 4 is 17.2 Å². The predicted octanol–water partition coefficient (Wildman–Crippen LogP) is 2.58. The molecule has 24 heavy (non-hydrogen) atoms. The predicted molar refractivity (Wildman–Crippen MR) is 87.9 cm³/mol. The molecular formula is C17H18N2O4S. The van der Waals surface area contributed by atoms with E-state index >= 15 is 0 Å². The fraction of sp³-hybridized carbons (Fsp3) is 0.412. The number of carbonyl (C=O) groups excluding carboxylic acids is 1. The fourth-order valence-corrected chi connectivity index (χ4v) is 3.57. The molecule has 4 rings (SSSR count). The highest BCUT2D eigenvalue weighted by Gasteiger charge is 2.29. The average molecular weight is 346 g/mol. The third-order valence-corrected chi connectivity index (χ3v) is 4.90. The van der Waals surface area contributed by atoms with E-state index in [1.54, 1.807) is 17.5 Å². The van der Waals surface area contributed by atoms with Gasteiger partial charge in [0.05, 0.1) is 6.54 Å². The van der Waals surface area contributed by atoms with Crippen LogP contribution in [0.2, 0.25) is 0 Å². The lowest BCUT2D eigenvalue weighted by molar-refractivity contribution is -0.142. The molecule has 3 heterocycles. The lowest BCUT2D eigenvalue weighted by atomic mass is 10.1. The number of thiazole rings is 1. The van der Waals surface area contributed by atoms with Gasteiger partial charge in [0, 0.05) is 24.7 Å². The smallest absolute Gasteiger partial charge is 0.252 e. The van der Waals surface area contributed by atoms with Crippen LogP contribution < -0.4 is 9.47 Å². The van der Waals surface area contributed by atoms with Crippen LogP contribution in [-0.4, -0.2) is 35.3 Å². The van der Waals surface area contributed by atoms with Gasteiger partial charge in [-0.05, 0) is 30.5 Å². The second-order valence-electron chi connectivity index (χ2n) is 5.81. The lowest BCUT2D eigenvalue weighted by Gasteiger charge is -2.24. The van der Waals surface area contributed by atoms with E-state index in [-0.39, 0.29) is 18.8 Å². The van der Waals surface area contributed by atoms with Crippen LogP contribution >= 0.6 is 11.3 Å². The molecule has 7 heteroatoms. The van der Waals surface area contributed by atoms with E-state index in [4.69, 9.17) is 14.2 Å². The molecule has 126 valence electrons. The van der Waals surface area contributed by atoms with Gasteiger partial charge in [-0.1, -0.05) is 6.07 Å². The van der Waals surface area contributed by atoms with Crippen LogP contribution in [0.25, 0.3) is 0 Å². The molecular weight excluding hydrogens is 328 g/mol. The highest BCUT2D eigenvalue weighted by atomic mass is 32.1. The van der Waals surface area contributed by atoms with E-state index in [1.165, 1.54) is 0 Å². The van der Waals surface area contributed by atoms with Crippen LogP contribution in [0.3, 0.4) is 0 Å².